The van der Waals surface area contributed by atoms with Crippen molar-refractivity contribution in [2.24, 2.45) is 11.7 Å². The van der Waals surface area contributed by atoms with E-state index in [1.807, 2.05) is 42.5 Å². The maximum Gasteiger partial charge on any atom is 0.260 e. The van der Waals surface area contributed by atoms with Crippen LogP contribution in [-0.4, -0.2) is 24.6 Å². The van der Waals surface area contributed by atoms with Gasteiger partial charge in [0.2, 0.25) is 0 Å². The quantitative estimate of drug-likeness (QED) is 0.745. The van der Waals surface area contributed by atoms with Gasteiger partial charge in [-0.2, -0.15) is 0 Å². The first kappa shape index (κ1) is 20.3. The monoisotopic (exact) mass is 374 g/mol. The van der Waals surface area contributed by atoms with E-state index < -0.39 is 6.10 Å². The van der Waals surface area contributed by atoms with Gasteiger partial charge < -0.3 is 15.8 Å². The molecule has 140 valence electrons. The number of rotatable bonds is 8. The summed E-state index contributed by atoms with van der Waals surface area (Å²) in [5.74, 6) is 1.20. The van der Waals surface area contributed by atoms with Crippen LogP contribution in [0.3, 0.4) is 0 Å². The predicted octanol–water partition coefficient (Wildman–Crippen LogP) is 3.32. The molecule has 1 aliphatic carbocycles. The van der Waals surface area contributed by atoms with Crippen molar-refractivity contribution in [2.75, 3.05) is 6.54 Å². The fourth-order valence-corrected chi connectivity index (χ4v) is 2.88. The van der Waals surface area contributed by atoms with Gasteiger partial charge in [-0.05, 0) is 42.9 Å². The second kappa shape index (κ2) is 9.60. The highest BCUT2D eigenvalue weighted by molar-refractivity contribution is 5.85. The number of halogens is 1. The molecule has 1 fully saturated rings. The number of benzene rings is 2. The topological polar surface area (TPSA) is 64.3 Å². The molecule has 0 heterocycles. The van der Waals surface area contributed by atoms with Crippen molar-refractivity contribution in [3.05, 3.63) is 65.7 Å². The lowest BCUT2D eigenvalue weighted by Crippen LogP contribution is -2.43. The lowest BCUT2D eigenvalue weighted by atomic mass is 10.0. The van der Waals surface area contributed by atoms with E-state index >= 15 is 0 Å². The molecule has 0 spiro atoms. The van der Waals surface area contributed by atoms with E-state index in [9.17, 15) is 4.79 Å². The van der Waals surface area contributed by atoms with Gasteiger partial charge in [0.1, 0.15) is 5.75 Å². The summed E-state index contributed by atoms with van der Waals surface area (Å²) in [6.45, 7) is 2.29. The normalized spacial score (nSPS) is 15.5. The van der Waals surface area contributed by atoms with E-state index in [-0.39, 0.29) is 24.4 Å². The third-order valence-electron chi connectivity index (χ3n) is 4.62. The number of ether oxygens (including phenoxy) is 1. The van der Waals surface area contributed by atoms with Gasteiger partial charge in [0, 0.05) is 19.0 Å². The minimum atomic E-state index is -0.552. The van der Waals surface area contributed by atoms with Crippen LogP contribution in [0.4, 0.5) is 0 Å². The zero-order valence-corrected chi connectivity index (χ0v) is 15.9. The molecule has 1 saturated carbocycles. The Labute approximate surface area is 161 Å². The lowest BCUT2D eigenvalue weighted by Gasteiger charge is -2.18. The van der Waals surface area contributed by atoms with Gasteiger partial charge >= 0.3 is 0 Å². The largest absolute Gasteiger partial charge is 0.481 e. The van der Waals surface area contributed by atoms with Gasteiger partial charge in [0.05, 0.1) is 0 Å². The third kappa shape index (κ3) is 5.75. The first-order valence-corrected chi connectivity index (χ1v) is 8.95. The van der Waals surface area contributed by atoms with Crippen LogP contribution in [0.5, 0.6) is 5.75 Å². The molecule has 2 unspecified atom stereocenters. The SMILES string of the molecule is CC(Oc1ccccc1Cc1ccccc1)C(=O)NCC(N)C1CC1.Cl. The van der Waals surface area contributed by atoms with Crippen molar-refractivity contribution in [1.82, 2.24) is 5.32 Å². The van der Waals surface area contributed by atoms with Gasteiger partial charge in [-0.3, -0.25) is 4.79 Å². The number of amides is 1. The summed E-state index contributed by atoms with van der Waals surface area (Å²) in [4.78, 5) is 12.3. The van der Waals surface area contributed by atoms with Gasteiger partial charge in [-0.15, -0.1) is 12.4 Å². The zero-order valence-electron chi connectivity index (χ0n) is 15.1. The van der Waals surface area contributed by atoms with Crippen molar-refractivity contribution in [3.63, 3.8) is 0 Å². The first-order valence-electron chi connectivity index (χ1n) is 8.95. The summed E-state index contributed by atoms with van der Waals surface area (Å²) in [5.41, 5.74) is 8.32. The first-order chi connectivity index (χ1) is 12.1. The third-order valence-corrected chi connectivity index (χ3v) is 4.62. The average molecular weight is 375 g/mol. The average Bonchev–Trinajstić information content (AvgIpc) is 3.47. The molecule has 2 aromatic carbocycles. The van der Waals surface area contributed by atoms with Crippen LogP contribution in [0.1, 0.15) is 30.9 Å². The fourth-order valence-electron chi connectivity index (χ4n) is 2.88. The van der Waals surface area contributed by atoms with E-state index in [2.05, 4.69) is 17.4 Å². The number of para-hydroxylation sites is 1. The van der Waals surface area contributed by atoms with Crippen molar-refractivity contribution in [1.29, 1.82) is 0 Å². The molecule has 5 heteroatoms. The number of hydrogen-bond donors (Lipinski definition) is 2. The minimum absolute atomic E-state index is 0. The number of hydrogen-bond acceptors (Lipinski definition) is 3. The summed E-state index contributed by atoms with van der Waals surface area (Å²) >= 11 is 0. The molecule has 2 aromatic rings. The smallest absolute Gasteiger partial charge is 0.260 e. The molecule has 4 nitrogen and oxygen atoms in total. The Balaban J connectivity index is 0.00000243. The summed E-state index contributed by atoms with van der Waals surface area (Å²) in [6, 6.07) is 18.2. The molecule has 3 rings (SSSR count). The van der Waals surface area contributed by atoms with Crippen LogP contribution in [0, 0.1) is 5.92 Å². The van der Waals surface area contributed by atoms with Crippen molar-refractivity contribution >= 4 is 18.3 Å². The molecule has 1 aliphatic rings. The van der Waals surface area contributed by atoms with Crippen LogP contribution >= 0.6 is 12.4 Å². The molecule has 1 amide bonds. The molecule has 26 heavy (non-hydrogen) atoms. The lowest BCUT2D eigenvalue weighted by molar-refractivity contribution is -0.127. The predicted molar refractivity (Wildman–Crippen MR) is 107 cm³/mol. The Kier molecular flexibility index (Phi) is 7.49. The van der Waals surface area contributed by atoms with E-state index in [4.69, 9.17) is 10.5 Å². The van der Waals surface area contributed by atoms with Crippen LogP contribution in [0.2, 0.25) is 0 Å². The van der Waals surface area contributed by atoms with Gasteiger partial charge in [0.15, 0.2) is 6.10 Å². The number of carbonyl (C=O) groups is 1. The van der Waals surface area contributed by atoms with Crippen LogP contribution < -0.4 is 15.8 Å². The van der Waals surface area contributed by atoms with Crippen molar-refractivity contribution in [3.8, 4) is 5.75 Å². The standard InChI is InChI=1S/C21H26N2O2.ClH/c1-15(21(24)23-14-19(22)17-11-12-17)25-20-10-6-5-9-18(20)13-16-7-3-2-4-8-16;/h2-10,15,17,19H,11-14,22H2,1H3,(H,23,24);1H. The maximum atomic E-state index is 12.3. The zero-order chi connectivity index (χ0) is 17.6. The number of nitrogens with two attached hydrogens (primary N) is 1. The molecular weight excluding hydrogens is 348 g/mol. The highest BCUT2D eigenvalue weighted by atomic mass is 35.5. The molecular formula is C21H27ClN2O2. The minimum Gasteiger partial charge on any atom is -0.481 e. The van der Waals surface area contributed by atoms with Crippen molar-refractivity contribution in [2.45, 2.75) is 38.3 Å². The molecule has 0 saturated heterocycles. The van der Waals surface area contributed by atoms with E-state index in [1.165, 1.54) is 18.4 Å². The van der Waals surface area contributed by atoms with Crippen LogP contribution in [-0.2, 0) is 11.2 Å². The van der Waals surface area contributed by atoms with Crippen LogP contribution in [0.25, 0.3) is 0 Å². The Bertz CT molecular complexity index is 704. The van der Waals surface area contributed by atoms with E-state index in [0.29, 0.717) is 12.5 Å². The molecule has 2 atom stereocenters. The summed E-state index contributed by atoms with van der Waals surface area (Å²) in [6.07, 6.45) is 2.58. The number of nitrogens with one attached hydrogen (secondary N) is 1. The Morgan fingerprint density at radius 1 is 1.15 bits per heavy atom. The van der Waals surface area contributed by atoms with Crippen LogP contribution in [0.15, 0.2) is 54.6 Å². The Morgan fingerprint density at radius 2 is 1.81 bits per heavy atom. The van der Waals surface area contributed by atoms with Gasteiger partial charge in [0.25, 0.3) is 5.91 Å². The second-order valence-corrected chi connectivity index (χ2v) is 6.78. The second-order valence-electron chi connectivity index (χ2n) is 6.78. The molecule has 3 N–H and O–H groups in total. The molecule has 0 bridgehead atoms. The highest BCUT2D eigenvalue weighted by Gasteiger charge is 2.29. The van der Waals surface area contributed by atoms with Gasteiger partial charge in [-0.25, -0.2) is 0 Å². The van der Waals surface area contributed by atoms with Gasteiger partial charge in [-0.1, -0.05) is 48.5 Å². The van der Waals surface area contributed by atoms with Crippen molar-refractivity contribution < 1.29 is 9.53 Å². The summed E-state index contributed by atoms with van der Waals surface area (Å²) < 4.78 is 5.94. The molecule has 0 radical (unpaired) electrons. The molecule has 0 aliphatic heterocycles. The number of carbonyl (C=O) groups excluding carboxylic acids is 1. The summed E-state index contributed by atoms with van der Waals surface area (Å²) in [5, 5.41) is 2.90. The fraction of sp³-hybridized carbons (Fsp3) is 0.381. The summed E-state index contributed by atoms with van der Waals surface area (Å²) in [7, 11) is 0. The van der Waals surface area contributed by atoms with E-state index in [1.54, 1.807) is 6.92 Å². The Hall–Kier alpha value is -2.04. The van der Waals surface area contributed by atoms with E-state index in [0.717, 1.165) is 17.7 Å². The maximum absolute atomic E-state index is 12.3. The molecule has 0 aromatic heterocycles. The highest BCUT2D eigenvalue weighted by Crippen LogP contribution is 2.31. The Morgan fingerprint density at radius 3 is 2.50 bits per heavy atom.